The van der Waals surface area contributed by atoms with Crippen LogP contribution in [-0.2, 0) is 11.3 Å². The molecule has 28 heavy (non-hydrogen) atoms. The lowest BCUT2D eigenvalue weighted by molar-refractivity contribution is -0.116. The Hall–Kier alpha value is -3.75. The summed E-state index contributed by atoms with van der Waals surface area (Å²) in [6.07, 6.45) is 0. The number of halogens is 1. The fourth-order valence-corrected chi connectivity index (χ4v) is 2.53. The summed E-state index contributed by atoms with van der Waals surface area (Å²) in [4.78, 5) is 24.6. The van der Waals surface area contributed by atoms with Crippen LogP contribution in [0.4, 0.5) is 21.6 Å². The molecule has 1 aromatic heterocycles. The second-order valence-electron chi connectivity index (χ2n) is 6.24. The average Bonchev–Trinajstić information content (AvgIpc) is 3.01. The molecule has 0 aliphatic carbocycles. The van der Waals surface area contributed by atoms with Gasteiger partial charge in [-0.05, 0) is 55.3 Å². The molecule has 2 aromatic carbocycles. The zero-order valence-corrected chi connectivity index (χ0v) is 15.4. The highest BCUT2D eigenvalue weighted by Crippen LogP contribution is 2.18. The molecule has 0 fully saturated rings. The quantitative estimate of drug-likeness (QED) is 0.627. The summed E-state index contributed by atoms with van der Waals surface area (Å²) in [5.41, 5.74) is 8.88. The first-order valence-corrected chi connectivity index (χ1v) is 8.47. The molecule has 0 radical (unpaired) electrons. The van der Waals surface area contributed by atoms with Crippen LogP contribution in [0.2, 0.25) is 0 Å². The van der Waals surface area contributed by atoms with Crippen LogP contribution in [0.15, 0.2) is 42.5 Å². The maximum atomic E-state index is 12.9. The maximum Gasteiger partial charge on any atom is 0.280 e. The van der Waals surface area contributed by atoms with Gasteiger partial charge in [-0.2, -0.15) is 0 Å². The lowest BCUT2D eigenvalue weighted by Gasteiger charge is -2.10. The smallest absolute Gasteiger partial charge is 0.280 e. The van der Waals surface area contributed by atoms with Gasteiger partial charge in [0.2, 0.25) is 5.91 Å². The Morgan fingerprint density at radius 2 is 1.82 bits per heavy atom. The molecule has 0 spiro atoms. The summed E-state index contributed by atoms with van der Waals surface area (Å²) in [5, 5.41) is 12.9. The van der Waals surface area contributed by atoms with Crippen LogP contribution in [0.5, 0.6) is 0 Å². The molecule has 0 unspecified atom stereocenters. The van der Waals surface area contributed by atoms with E-state index in [9.17, 15) is 14.0 Å². The Kier molecular flexibility index (Phi) is 5.35. The van der Waals surface area contributed by atoms with E-state index in [0.29, 0.717) is 11.4 Å². The van der Waals surface area contributed by atoms with Gasteiger partial charge in [0.15, 0.2) is 11.5 Å². The predicted molar refractivity (Wildman–Crippen MR) is 103 cm³/mol. The second kappa shape index (κ2) is 7.87. The molecule has 1 heterocycles. The van der Waals surface area contributed by atoms with E-state index in [1.165, 1.54) is 24.3 Å². The van der Waals surface area contributed by atoms with Crippen molar-refractivity contribution in [3.05, 3.63) is 65.1 Å². The van der Waals surface area contributed by atoms with Crippen LogP contribution < -0.4 is 16.4 Å². The molecular weight excluding hydrogens is 363 g/mol. The number of nitrogen functional groups attached to an aromatic ring is 1. The number of nitrogens with one attached hydrogen (secondary N) is 2. The number of carbonyl (C=O) groups is 2. The molecule has 2 amide bonds. The van der Waals surface area contributed by atoms with E-state index in [4.69, 9.17) is 5.73 Å². The second-order valence-corrected chi connectivity index (χ2v) is 6.24. The van der Waals surface area contributed by atoms with Gasteiger partial charge in [0.25, 0.3) is 5.91 Å². The van der Waals surface area contributed by atoms with E-state index in [2.05, 4.69) is 20.9 Å². The summed E-state index contributed by atoms with van der Waals surface area (Å²) < 4.78 is 14.1. The molecule has 8 nitrogen and oxygen atoms in total. The van der Waals surface area contributed by atoms with Gasteiger partial charge >= 0.3 is 0 Å². The van der Waals surface area contributed by atoms with Gasteiger partial charge in [-0.15, -0.1) is 5.10 Å². The van der Waals surface area contributed by atoms with E-state index in [1.54, 1.807) is 6.07 Å². The molecule has 0 aliphatic heterocycles. The number of rotatable bonds is 5. The zero-order chi connectivity index (χ0) is 20.3. The number of hydrogen-bond donors (Lipinski definition) is 3. The standard InChI is InChI=1S/C19H19FN6O2/c1-11-4-3-5-15(12(11)2)23-16(27)10-26-18(21)17(24-25-26)19(28)22-14-8-6-13(20)7-9-14/h3-9H,10,21H2,1-2H3,(H,22,28)(H,23,27). The minimum absolute atomic E-state index is 0.0456. The summed E-state index contributed by atoms with van der Waals surface area (Å²) in [6, 6.07) is 10.8. The van der Waals surface area contributed by atoms with E-state index < -0.39 is 11.7 Å². The largest absolute Gasteiger partial charge is 0.382 e. The van der Waals surface area contributed by atoms with Crippen molar-refractivity contribution in [3.8, 4) is 0 Å². The monoisotopic (exact) mass is 382 g/mol. The van der Waals surface area contributed by atoms with Crippen molar-refractivity contribution in [2.75, 3.05) is 16.4 Å². The molecule has 0 saturated heterocycles. The summed E-state index contributed by atoms with van der Waals surface area (Å²) in [6.45, 7) is 3.66. The third-order valence-corrected chi connectivity index (χ3v) is 4.26. The van der Waals surface area contributed by atoms with Crippen LogP contribution in [0.3, 0.4) is 0 Å². The van der Waals surface area contributed by atoms with E-state index in [0.717, 1.165) is 15.8 Å². The number of benzene rings is 2. The van der Waals surface area contributed by atoms with E-state index in [-0.39, 0.29) is 24.0 Å². The number of carbonyl (C=O) groups excluding carboxylic acids is 2. The van der Waals surface area contributed by atoms with Crippen molar-refractivity contribution < 1.29 is 14.0 Å². The van der Waals surface area contributed by atoms with Crippen molar-refractivity contribution >= 4 is 29.0 Å². The molecular formula is C19H19FN6O2. The Morgan fingerprint density at radius 1 is 1.11 bits per heavy atom. The molecule has 144 valence electrons. The number of aryl methyl sites for hydroxylation is 1. The summed E-state index contributed by atoms with van der Waals surface area (Å²) in [7, 11) is 0. The van der Waals surface area contributed by atoms with Gasteiger partial charge in [0.05, 0.1) is 0 Å². The van der Waals surface area contributed by atoms with Crippen LogP contribution >= 0.6 is 0 Å². The molecule has 0 saturated carbocycles. The molecule has 3 rings (SSSR count). The van der Waals surface area contributed by atoms with Gasteiger partial charge in [0, 0.05) is 11.4 Å². The molecule has 0 aliphatic rings. The predicted octanol–water partition coefficient (Wildman–Crippen LogP) is 2.51. The normalized spacial score (nSPS) is 10.5. The van der Waals surface area contributed by atoms with Crippen molar-refractivity contribution in [1.29, 1.82) is 0 Å². The number of anilines is 3. The topological polar surface area (TPSA) is 115 Å². The Labute approximate surface area is 160 Å². The van der Waals surface area contributed by atoms with Gasteiger partial charge < -0.3 is 16.4 Å². The Balaban J connectivity index is 1.68. The third-order valence-electron chi connectivity index (χ3n) is 4.26. The van der Waals surface area contributed by atoms with Crippen molar-refractivity contribution in [2.45, 2.75) is 20.4 Å². The van der Waals surface area contributed by atoms with Gasteiger partial charge in [-0.3, -0.25) is 9.59 Å². The zero-order valence-electron chi connectivity index (χ0n) is 15.4. The Morgan fingerprint density at radius 3 is 2.54 bits per heavy atom. The van der Waals surface area contributed by atoms with Crippen molar-refractivity contribution in [1.82, 2.24) is 15.0 Å². The summed E-state index contributed by atoms with van der Waals surface area (Å²) >= 11 is 0. The van der Waals surface area contributed by atoms with E-state index in [1.807, 2.05) is 26.0 Å². The SMILES string of the molecule is Cc1cccc(NC(=O)Cn2nnc(C(=O)Nc3ccc(F)cc3)c2N)c1C. The van der Waals surface area contributed by atoms with Gasteiger partial charge in [-0.25, -0.2) is 9.07 Å². The fraction of sp³-hybridized carbons (Fsp3) is 0.158. The summed E-state index contributed by atoms with van der Waals surface area (Å²) in [5.74, 6) is -1.42. The van der Waals surface area contributed by atoms with Crippen molar-refractivity contribution in [3.63, 3.8) is 0 Å². The average molecular weight is 382 g/mol. The lowest BCUT2D eigenvalue weighted by atomic mass is 10.1. The third kappa shape index (κ3) is 4.14. The lowest BCUT2D eigenvalue weighted by Crippen LogP contribution is -2.22. The minimum Gasteiger partial charge on any atom is -0.382 e. The van der Waals surface area contributed by atoms with Gasteiger partial charge in [0.1, 0.15) is 12.4 Å². The highest BCUT2D eigenvalue weighted by molar-refractivity contribution is 6.05. The van der Waals surface area contributed by atoms with Crippen LogP contribution in [0.25, 0.3) is 0 Å². The number of nitrogens with two attached hydrogens (primary N) is 1. The number of hydrogen-bond acceptors (Lipinski definition) is 5. The molecule has 0 bridgehead atoms. The highest BCUT2D eigenvalue weighted by Gasteiger charge is 2.19. The highest BCUT2D eigenvalue weighted by atomic mass is 19.1. The minimum atomic E-state index is -0.606. The van der Waals surface area contributed by atoms with Gasteiger partial charge in [-0.1, -0.05) is 17.3 Å². The molecule has 3 aromatic rings. The molecule has 9 heteroatoms. The van der Waals surface area contributed by atoms with Crippen LogP contribution in [0, 0.1) is 19.7 Å². The first-order chi connectivity index (χ1) is 13.3. The first-order valence-electron chi connectivity index (χ1n) is 8.47. The molecule has 0 atom stereocenters. The van der Waals surface area contributed by atoms with Crippen LogP contribution in [-0.4, -0.2) is 26.8 Å². The number of nitrogens with zero attached hydrogens (tertiary/aromatic N) is 3. The number of amides is 2. The molecule has 4 N–H and O–H groups in total. The Bertz CT molecular complexity index is 1030. The maximum absolute atomic E-state index is 12.9. The van der Waals surface area contributed by atoms with E-state index >= 15 is 0 Å². The first kappa shape index (κ1) is 19.0. The fourth-order valence-electron chi connectivity index (χ4n) is 2.53. The van der Waals surface area contributed by atoms with Crippen molar-refractivity contribution in [2.24, 2.45) is 0 Å². The number of aromatic nitrogens is 3. The van der Waals surface area contributed by atoms with Crippen LogP contribution in [0.1, 0.15) is 21.6 Å².